The third-order valence-corrected chi connectivity index (χ3v) is 4.59. The summed E-state index contributed by atoms with van der Waals surface area (Å²) in [5.41, 5.74) is 2.04. The van der Waals surface area contributed by atoms with Crippen molar-refractivity contribution in [3.63, 3.8) is 0 Å². The number of halogens is 2. The number of aromatic nitrogens is 2. The van der Waals surface area contributed by atoms with Crippen molar-refractivity contribution in [1.29, 1.82) is 0 Å². The molecular formula is C16H17Cl2N3O. The Labute approximate surface area is 139 Å². The van der Waals surface area contributed by atoms with Crippen molar-refractivity contribution in [1.82, 2.24) is 14.7 Å². The van der Waals surface area contributed by atoms with Crippen LogP contribution in [-0.4, -0.2) is 27.6 Å². The number of hydrogen-bond donors (Lipinski definition) is 0. The molecule has 1 fully saturated rings. The van der Waals surface area contributed by atoms with Gasteiger partial charge in [0.1, 0.15) is 0 Å². The molecule has 1 amide bonds. The second-order valence-corrected chi connectivity index (χ2v) is 6.67. The van der Waals surface area contributed by atoms with E-state index >= 15 is 0 Å². The number of benzene rings is 1. The lowest BCUT2D eigenvalue weighted by molar-refractivity contribution is -0.131. The zero-order chi connectivity index (χ0) is 15.9. The van der Waals surface area contributed by atoms with Crippen molar-refractivity contribution in [2.24, 2.45) is 13.0 Å². The van der Waals surface area contributed by atoms with Gasteiger partial charge in [-0.05, 0) is 30.0 Å². The summed E-state index contributed by atoms with van der Waals surface area (Å²) < 4.78 is 1.74. The van der Waals surface area contributed by atoms with Crippen LogP contribution in [0, 0.1) is 5.92 Å². The summed E-state index contributed by atoms with van der Waals surface area (Å²) in [6.45, 7) is 0.574. The van der Waals surface area contributed by atoms with E-state index in [1.54, 1.807) is 21.8 Å². The summed E-state index contributed by atoms with van der Waals surface area (Å²) in [7, 11) is 3.69. The van der Waals surface area contributed by atoms with Gasteiger partial charge >= 0.3 is 0 Å². The molecule has 0 bridgehead atoms. The van der Waals surface area contributed by atoms with Gasteiger partial charge in [-0.1, -0.05) is 29.3 Å². The van der Waals surface area contributed by atoms with Crippen LogP contribution in [-0.2, 0) is 18.4 Å². The average Bonchev–Trinajstić information content (AvgIpc) is 3.14. The molecule has 0 spiro atoms. The fraction of sp³-hybridized carbons (Fsp3) is 0.375. The summed E-state index contributed by atoms with van der Waals surface area (Å²) in [5, 5.41) is 5.38. The van der Waals surface area contributed by atoms with Crippen molar-refractivity contribution in [3.05, 3.63) is 51.8 Å². The number of carbonyl (C=O) groups is 1. The number of carbonyl (C=O) groups excluding carboxylic acids is 1. The molecular weight excluding hydrogens is 321 g/mol. The van der Waals surface area contributed by atoms with E-state index in [2.05, 4.69) is 5.10 Å². The van der Waals surface area contributed by atoms with Crippen molar-refractivity contribution >= 4 is 29.1 Å². The standard InChI is InChI=1S/C16H17Cl2N3O/c1-20(8-10-7-19-21(2)9-10)16(22)14-6-13(14)12-4-3-11(17)5-15(12)18/h3-5,7,9,13-14H,6,8H2,1-2H3. The number of rotatable bonds is 4. The monoisotopic (exact) mass is 337 g/mol. The van der Waals surface area contributed by atoms with Gasteiger partial charge in [0.05, 0.1) is 6.20 Å². The Morgan fingerprint density at radius 1 is 1.45 bits per heavy atom. The van der Waals surface area contributed by atoms with Gasteiger partial charge in [-0.15, -0.1) is 0 Å². The normalized spacial score (nSPS) is 20.0. The molecule has 116 valence electrons. The van der Waals surface area contributed by atoms with E-state index in [4.69, 9.17) is 23.2 Å². The van der Waals surface area contributed by atoms with E-state index in [1.807, 2.05) is 32.4 Å². The lowest BCUT2D eigenvalue weighted by atomic mass is 10.1. The molecule has 0 saturated heterocycles. The Kier molecular flexibility index (Phi) is 4.15. The fourth-order valence-corrected chi connectivity index (χ4v) is 3.35. The number of hydrogen-bond acceptors (Lipinski definition) is 2. The van der Waals surface area contributed by atoms with Crippen molar-refractivity contribution in [3.8, 4) is 0 Å². The maximum atomic E-state index is 12.5. The van der Waals surface area contributed by atoms with Gasteiger partial charge in [-0.25, -0.2) is 0 Å². The molecule has 1 aliphatic carbocycles. The van der Waals surface area contributed by atoms with Crippen molar-refractivity contribution in [2.75, 3.05) is 7.05 Å². The van der Waals surface area contributed by atoms with E-state index in [-0.39, 0.29) is 17.7 Å². The van der Waals surface area contributed by atoms with Crippen LogP contribution in [0.25, 0.3) is 0 Å². The second-order valence-electron chi connectivity index (χ2n) is 5.83. The van der Waals surface area contributed by atoms with Gasteiger partial charge in [0.15, 0.2) is 0 Å². The molecule has 1 aliphatic rings. The summed E-state index contributed by atoms with van der Waals surface area (Å²) in [5.74, 6) is 0.369. The smallest absolute Gasteiger partial charge is 0.226 e. The van der Waals surface area contributed by atoms with Gasteiger partial charge in [-0.2, -0.15) is 5.10 Å². The molecule has 1 heterocycles. The third-order valence-electron chi connectivity index (χ3n) is 4.02. The molecule has 6 heteroatoms. The van der Waals surface area contributed by atoms with Crippen molar-refractivity contribution < 1.29 is 4.79 Å². The largest absolute Gasteiger partial charge is 0.341 e. The Balaban J connectivity index is 1.64. The lowest BCUT2D eigenvalue weighted by Gasteiger charge is -2.16. The van der Waals surface area contributed by atoms with Crippen LogP contribution >= 0.6 is 23.2 Å². The first-order valence-corrected chi connectivity index (χ1v) is 7.88. The van der Waals surface area contributed by atoms with Crippen LogP contribution in [0.2, 0.25) is 10.0 Å². The minimum Gasteiger partial charge on any atom is -0.341 e. The minimum absolute atomic E-state index is 0.0142. The first-order valence-electron chi connectivity index (χ1n) is 7.13. The minimum atomic E-state index is 0.0142. The van der Waals surface area contributed by atoms with E-state index in [0.29, 0.717) is 16.6 Å². The Morgan fingerprint density at radius 3 is 2.86 bits per heavy atom. The molecule has 3 rings (SSSR count). The molecule has 0 N–H and O–H groups in total. The van der Waals surface area contributed by atoms with Gasteiger partial charge in [-0.3, -0.25) is 9.48 Å². The van der Waals surface area contributed by atoms with E-state index in [1.165, 1.54) is 0 Å². The third kappa shape index (κ3) is 3.13. The molecule has 2 unspecified atom stereocenters. The summed E-state index contributed by atoms with van der Waals surface area (Å²) in [4.78, 5) is 14.3. The maximum Gasteiger partial charge on any atom is 0.226 e. The zero-order valence-electron chi connectivity index (χ0n) is 12.5. The number of nitrogens with zero attached hydrogens (tertiary/aromatic N) is 3. The first-order chi connectivity index (χ1) is 10.5. The van der Waals surface area contributed by atoms with Crippen LogP contribution in [0.4, 0.5) is 0 Å². The lowest BCUT2D eigenvalue weighted by Crippen LogP contribution is -2.27. The average molecular weight is 338 g/mol. The predicted octanol–water partition coefficient (Wildman–Crippen LogP) is 3.49. The first kappa shape index (κ1) is 15.4. The summed E-state index contributed by atoms with van der Waals surface area (Å²) in [6.07, 6.45) is 4.55. The molecule has 1 aromatic carbocycles. The van der Waals surface area contributed by atoms with Crippen LogP contribution in [0.5, 0.6) is 0 Å². The molecule has 4 nitrogen and oxygen atoms in total. The van der Waals surface area contributed by atoms with E-state index in [9.17, 15) is 4.79 Å². The van der Waals surface area contributed by atoms with E-state index < -0.39 is 0 Å². The van der Waals surface area contributed by atoms with Gasteiger partial charge < -0.3 is 4.90 Å². The van der Waals surface area contributed by atoms with Crippen LogP contribution in [0.15, 0.2) is 30.6 Å². The Bertz CT molecular complexity index is 713. The highest BCUT2D eigenvalue weighted by atomic mass is 35.5. The Morgan fingerprint density at radius 2 is 2.23 bits per heavy atom. The SMILES string of the molecule is CN(Cc1cnn(C)c1)C(=O)C1CC1c1ccc(Cl)cc1Cl. The van der Waals surface area contributed by atoms with Crippen LogP contribution in [0.3, 0.4) is 0 Å². The molecule has 1 aromatic heterocycles. The molecule has 1 saturated carbocycles. The van der Waals surface area contributed by atoms with Crippen LogP contribution < -0.4 is 0 Å². The van der Waals surface area contributed by atoms with E-state index in [0.717, 1.165) is 17.5 Å². The van der Waals surface area contributed by atoms with Gasteiger partial charge in [0.2, 0.25) is 5.91 Å². The summed E-state index contributed by atoms with van der Waals surface area (Å²) in [6, 6.07) is 5.48. The molecule has 22 heavy (non-hydrogen) atoms. The highest BCUT2D eigenvalue weighted by Crippen LogP contribution is 2.50. The summed E-state index contributed by atoms with van der Waals surface area (Å²) >= 11 is 12.1. The Hall–Kier alpha value is -1.52. The van der Waals surface area contributed by atoms with Crippen molar-refractivity contribution in [2.45, 2.75) is 18.9 Å². The fourth-order valence-electron chi connectivity index (χ4n) is 2.80. The number of aryl methyl sites for hydroxylation is 1. The molecule has 0 radical (unpaired) electrons. The second kappa shape index (κ2) is 5.94. The molecule has 0 aliphatic heterocycles. The van der Waals surface area contributed by atoms with Gasteiger partial charge in [0.25, 0.3) is 0 Å². The topological polar surface area (TPSA) is 38.1 Å². The highest BCUT2D eigenvalue weighted by molar-refractivity contribution is 6.35. The molecule has 2 aromatic rings. The molecule has 2 atom stereocenters. The van der Waals surface area contributed by atoms with Gasteiger partial charge in [0, 0.05) is 48.4 Å². The van der Waals surface area contributed by atoms with Crippen LogP contribution in [0.1, 0.15) is 23.5 Å². The predicted molar refractivity (Wildman–Crippen MR) is 87.0 cm³/mol. The quantitative estimate of drug-likeness (QED) is 0.856. The number of amides is 1. The highest BCUT2D eigenvalue weighted by Gasteiger charge is 2.46. The zero-order valence-corrected chi connectivity index (χ0v) is 14.0. The maximum absolute atomic E-state index is 12.5.